The van der Waals surface area contributed by atoms with Crippen LogP contribution in [0.25, 0.3) is 0 Å². The van der Waals surface area contributed by atoms with Crippen molar-refractivity contribution in [1.82, 2.24) is 10.6 Å². The molecule has 5 nitrogen and oxygen atoms in total. The molecule has 1 heterocycles. The number of ether oxygens (including phenoxy) is 2. The van der Waals surface area contributed by atoms with E-state index >= 15 is 0 Å². The average Bonchev–Trinajstić information content (AvgIpc) is 2.49. The molecule has 0 aromatic heterocycles. The maximum atomic E-state index is 12.0. The number of carbonyl (C=O) groups excluding carboxylic acids is 1. The van der Waals surface area contributed by atoms with Gasteiger partial charge in [-0.3, -0.25) is 4.79 Å². The number of nitrogens with one attached hydrogen (secondary N) is 2. The highest BCUT2D eigenvalue weighted by atomic mass is 16.5. The molecule has 1 aromatic rings. The molecule has 2 atom stereocenters. The zero-order valence-corrected chi connectivity index (χ0v) is 12.7. The Morgan fingerprint density at radius 1 is 1.48 bits per heavy atom. The van der Waals surface area contributed by atoms with Gasteiger partial charge in [-0.2, -0.15) is 0 Å². The summed E-state index contributed by atoms with van der Waals surface area (Å²) in [6, 6.07) is 7.93. The van der Waals surface area contributed by atoms with Gasteiger partial charge in [-0.15, -0.1) is 0 Å². The standard InChI is InChI=1S/C16H24N2O3/c1-3-21-15-6-4-13(5-7-15)12(2)18-16(19)10-14-11-20-9-8-17-14/h4-7,12,14,17H,3,8-11H2,1-2H3,(H,18,19). The second kappa shape index (κ2) is 8.00. The molecule has 0 aliphatic carbocycles. The van der Waals surface area contributed by atoms with Gasteiger partial charge >= 0.3 is 0 Å². The van der Waals surface area contributed by atoms with Crippen molar-refractivity contribution >= 4 is 5.91 Å². The van der Waals surface area contributed by atoms with Crippen molar-refractivity contribution in [3.05, 3.63) is 29.8 Å². The molecule has 5 heteroatoms. The minimum atomic E-state index is -0.0160. The molecule has 1 fully saturated rings. The fourth-order valence-corrected chi connectivity index (χ4v) is 2.38. The van der Waals surface area contributed by atoms with Crippen LogP contribution in [-0.2, 0) is 9.53 Å². The van der Waals surface area contributed by atoms with E-state index in [9.17, 15) is 4.79 Å². The third kappa shape index (κ3) is 5.02. The number of rotatable bonds is 6. The lowest BCUT2D eigenvalue weighted by atomic mass is 10.1. The summed E-state index contributed by atoms with van der Waals surface area (Å²) in [5, 5.41) is 6.30. The first-order valence-electron chi connectivity index (χ1n) is 7.52. The van der Waals surface area contributed by atoms with Crippen molar-refractivity contribution in [1.29, 1.82) is 0 Å². The Bertz CT molecular complexity index is 441. The third-order valence-electron chi connectivity index (χ3n) is 3.50. The fraction of sp³-hybridized carbons (Fsp3) is 0.562. The molecule has 1 aliphatic rings. The highest BCUT2D eigenvalue weighted by Crippen LogP contribution is 2.17. The van der Waals surface area contributed by atoms with Gasteiger partial charge in [0.25, 0.3) is 0 Å². The zero-order chi connectivity index (χ0) is 15.1. The lowest BCUT2D eigenvalue weighted by molar-refractivity contribution is -0.122. The largest absolute Gasteiger partial charge is 0.494 e. The molecule has 0 saturated carbocycles. The first kappa shape index (κ1) is 15.8. The van der Waals surface area contributed by atoms with Crippen LogP contribution in [0.5, 0.6) is 5.75 Å². The Kier molecular flexibility index (Phi) is 6.02. The van der Waals surface area contributed by atoms with E-state index in [4.69, 9.17) is 9.47 Å². The first-order chi connectivity index (χ1) is 10.2. The van der Waals surface area contributed by atoms with Gasteiger partial charge in [0.1, 0.15) is 5.75 Å². The molecule has 1 saturated heterocycles. The minimum Gasteiger partial charge on any atom is -0.494 e. The van der Waals surface area contributed by atoms with E-state index in [-0.39, 0.29) is 18.0 Å². The second-order valence-electron chi connectivity index (χ2n) is 5.22. The summed E-state index contributed by atoms with van der Waals surface area (Å²) in [6.07, 6.45) is 0.446. The molecule has 1 aliphatic heterocycles. The molecule has 1 amide bonds. The lowest BCUT2D eigenvalue weighted by Gasteiger charge is -2.24. The molecule has 0 bridgehead atoms. The average molecular weight is 292 g/mol. The van der Waals surface area contributed by atoms with Crippen molar-refractivity contribution in [2.24, 2.45) is 0 Å². The van der Waals surface area contributed by atoms with Gasteiger partial charge in [0, 0.05) is 19.0 Å². The SMILES string of the molecule is CCOc1ccc(C(C)NC(=O)CC2COCCN2)cc1. The van der Waals surface area contributed by atoms with Gasteiger partial charge in [0.05, 0.1) is 25.9 Å². The minimum absolute atomic E-state index is 0.0160. The molecule has 21 heavy (non-hydrogen) atoms. The fourth-order valence-electron chi connectivity index (χ4n) is 2.38. The van der Waals surface area contributed by atoms with E-state index in [0.717, 1.165) is 24.5 Å². The predicted molar refractivity (Wildman–Crippen MR) is 81.4 cm³/mol. The maximum Gasteiger partial charge on any atom is 0.222 e. The van der Waals surface area contributed by atoms with Crippen LogP contribution < -0.4 is 15.4 Å². The quantitative estimate of drug-likeness (QED) is 0.837. The summed E-state index contributed by atoms with van der Waals surface area (Å²) >= 11 is 0. The van der Waals surface area contributed by atoms with E-state index < -0.39 is 0 Å². The van der Waals surface area contributed by atoms with Crippen molar-refractivity contribution in [2.75, 3.05) is 26.4 Å². The van der Waals surface area contributed by atoms with Crippen LogP contribution >= 0.6 is 0 Å². The van der Waals surface area contributed by atoms with E-state index in [2.05, 4.69) is 10.6 Å². The molecule has 1 aromatic carbocycles. The molecule has 2 rings (SSSR count). The number of morpholine rings is 1. The van der Waals surface area contributed by atoms with E-state index in [0.29, 0.717) is 19.6 Å². The normalized spacial score (nSPS) is 19.8. The van der Waals surface area contributed by atoms with Crippen LogP contribution in [0.1, 0.15) is 31.9 Å². The van der Waals surface area contributed by atoms with E-state index in [1.807, 2.05) is 38.1 Å². The van der Waals surface area contributed by atoms with Gasteiger partial charge < -0.3 is 20.1 Å². The van der Waals surface area contributed by atoms with E-state index in [1.165, 1.54) is 0 Å². The van der Waals surface area contributed by atoms with Gasteiger partial charge in [0.2, 0.25) is 5.91 Å². The summed E-state index contributed by atoms with van der Waals surface area (Å²) in [4.78, 5) is 12.0. The first-order valence-corrected chi connectivity index (χ1v) is 7.52. The number of amides is 1. The molecule has 0 radical (unpaired) electrons. The van der Waals surface area contributed by atoms with Crippen molar-refractivity contribution < 1.29 is 14.3 Å². The molecule has 2 unspecified atom stereocenters. The van der Waals surface area contributed by atoms with Crippen LogP contribution in [0.2, 0.25) is 0 Å². The predicted octanol–water partition coefficient (Wildman–Crippen LogP) is 1.64. The summed E-state index contributed by atoms with van der Waals surface area (Å²) < 4.78 is 10.8. The number of benzene rings is 1. The summed E-state index contributed by atoms with van der Waals surface area (Å²) in [6.45, 7) is 6.73. The highest BCUT2D eigenvalue weighted by Gasteiger charge is 2.18. The van der Waals surface area contributed by atoms with Crippen LogP contribution in [0.4, 0.5) is 0 Å². The van der Waals surface area contributed by atoms with Gasteiger partial charge in [0.15, 0.2) is 0 Å². The van der Waals surface area contributed by atoms with Crippen molar-refractivity contribution in [3.63, 3.8) is 0 Å². The topological polar surface area (TPSA) is 59.6 Å². The van der Waals surface area contributed by atoms with Crippen molar-refractivity contribution in [3.8, 4) is 5.75 Å². The molecule has 2 N–H and O–H groups in total. The van der Waals surface area contributed by atoms with Crippen molar-refractivity contribution in [2.45, 2.75) is 32.4 Å². The van der Waals surface area contributed by atoms with Crippen LogP contribution in [0.3, 0.4) is 0 Å². The Balaban J connectivity index is 1.82. The van der Waals surface area contributed by atoms with Gasteiger partial charge in [-0.25, -0.2) is 0 Å². The monoisotopic (exact) mass is 292 g/mol. The maximum absolute atomic E-state index is 12.0. The molecular formula is C16H24N2O3. The third-order valence-corrected chi connectivity index (χ3v) is 3.50. The number of hydrogen-bond acceptors (Lipinski definition) is 4. The van der Waals surface area contributed by atoms with Gasteiger partial charge in [-0.05, 0) is 31.5 Å². The molecule has 0 spiro atoms. The smallest absolute Gasteiger partial charge is 0.222 e. The van der Waals surface area contributed by atoms with Gasteiger partial charge in [-0.1, -0.05) is 12.1 Å². The Morgan fingerprint density at radius 3 is 2.86 bits per heavy atom. The second-order valence-corrected chi connectivity index (χ2v) is 5.22. The highest BCUT2D eigenvalue weighted by molar-refractivity contribution is 5.77. The number of hydrogen-bond donors (Lipinski definition) is 2. The Labute approximate surface area is 126 Å². The lowest BCUT2D eigenvalue weighted by Crippen LogP contribution is -2.44. The summed E-state index contributed by atoms with van der Waals surface area (Å²) in [7, 11) is 0. The van der Waals surface area contributed by atoms with Crippen LogP contribution in [-0.4, -0.2) is 38.3 Å². The Morgan fingerprint density at radius 2 is 2.24 bits per heavy atom. The summed E-state index contributed by atoms with van der Waals surface area (Å²) in [5.41, 5.74) is 1.07. The molecular weight excluding hydrogens is 268 g/mol. The number of carbonyl (C=O) groups is 1. The Hall–Kier alpha value is -1.59. The summed E-state index contributed by atoms with van der Waals surface area (Å²) in [5.74, 6) is 0.891. The van der Waals surface area contributed by atoms with E-state index in [1.54, 1.807) is 0 Å². The van der Waals surface area contributed by atoms with Crippen LogP contribution in [0, 0.1) is 0 Å². The zero-order valence-electron chi connectivity index (χ0n) is 12.7. The van der Waals surface area contributed by atoms with Crippen LogP contribution in [0.15, 0.2) is 24.3 Å². The molecule has 116 valence electrons.